The number of para-hydroxylation sites is 1. The summed E-state index contributed by atoms with van der Waals surface area (Å²) < 4.78 is 86.6. The molecule has 10 rings (SSSR count). The molecule has 0 aliphatic heterocycles. The van der Waals surface area contributed by atoms with Crippen molar-refractivity contribution in [1.82, 2.24) is 14.5 Å². The van der Waals surface area contributed by atoms with E-state index in [1.165, 1.54) is 18.2 Å². The van der Waals surface area contributed by atoms with Crippen molar-refractivity contribution in [2.45, 2.75) is 26.2 Å². The van der Waals surface area contributed by atoms with Crippen LogP contribution in [0.5, 0.6) is 0 Å². The van der Waals surface area contributed by atoms with Gasteiger partial charge in [0.1, 0.15) is 0 Å². The van der Waals surface area contributed by atoms with E-state index in [0.717, 1.165) is 67.8 Å². The summed E-state index contributed by atoms with van der Waals surface area (Å²) in [6.45, 7) is 3.65. The van der Waals surface area contributed by atoms with E-state index >= 15 is 0 Å². The summed E-state index contributed by atoms with van der Waals surface area (Å²) >= 11 is 0. The molecule has 0 unspecified atom stereocenters. The van der Waals surface area contributed by atoms with Crippen LogP contribution in [0.2, 0.25) is 0 Å². The molecule has 0 fully saturated rings. The normalized spacial score (nSPS) is 12.0. The van der Waals surface area contributed by atoms with Crippen LogP contribution in [0.4, 0.5) is 26.3 Å². The number of alkyl halides is 6. The Labute approximate surface area is 371 Å². The molecule has 2 aromatic heterocycles. The van der Waals surface area contributed by atoms with Gasteiger partial charge >= 0.3 is 12.4 Å². The molecule has 2 heterocycles. The maximum atomic E-state index is 14.1. The number of nitrogens with zero attached hydrogens (tertiary/aromatic N) is 3. The van der Waals surface area contributed by atoms with Gasteiger partial charge in [0.25, 0.3) is 0 Å². The highest BCUT2D eigenvalue weighted by molar-refractivity contribution is 6.12. The third kappa shape index (κ3) is 7.95. The fourth-order valence-electron chi connectivity index (χ4n) is 8.61. The zero-order valence-electron chi connectivity index (χ0n) is 35.0. The first-order chi connectivity index (χ1) is 31.3. The zero-order valence-corrected chi connectivity index (χ0v) is 35.0. The summed E-state index contributed by atoms with van der Waals surface area (Å²) in [5, 5.41) is 1.63. The van der Waals surface area contributed by atoms with E-state index in [9.17, 15) is 26.3 Å². The van der Waals surface area contributed by atoms with Gasteiger partial charge in [0, 0.05) is 38.6 Å². The summed E-state index contributed by atoms with van der Waals surface area (Å²) in [5.41, 5.74) is 9.81. The highest BCUT2D eigenvalue weighted by atomic mass is 19.4. The molecule has 0 bridgehead atoms. The molecule has 0 amide bonds. The number of halogens is 6. The lowest BCUT2D eigenvalue weighted by atomic mass is 9.91. The van der Waals surface area contributed by atoms with Gasteiger partial charge in [0.05, 0.1) is 39.2 Å². The monoisotopic (exact) mass is 865 g/mol. The summed E-state index contributed by atoms with van der Waals surface area (Å²) in [5.74, 6) is 0.418. The zero-order chi connectivity index (χ0) is 45.0. The maximum absolute atomic E-state index is 14.1. The van der Waals surface area contributed by atoms with Crippen LogP contribution in [0.3, 0.4) is 0 Å². The molecular weight excluding hydrogens is 829 g/mol. The van der Waals surface area contributed by atoms with Crippen molar-refractivity contribution in [3.63, 3.8) is 0 Å². The van der Waals surface area contributed by atoms with Crippen LogP contribution in [0.1, 0.15) is 22.3 Å². The highest BCUT2D eigenvalue weighted by Crippen LogP contribution is 2.45. The summed E-state index contributed by atoms with van der Waals surface area (Å²) in [6.07, 6.45) is -9.08. The molecule has 3 nitrogen and oxygen atoms in total. The summed E-state index contributed by atoms with van der Waals surface area (Å²) in [6, 6.07) is 56.2. The van der Waals surface area contributed by atoms with Gasteiger partial charge in [0.15, 0.2) is 5.82 Å². The lowest BCUT2D eigenvalue weighted by Gasteiger charge is -2.21. The third-order valence-corrected chi connectivity index (χ3v) is 11.8. The fourth-order valence-corrected chi connectivity index (χ4v) is 8.61. The van der Waals surface area contributed by atoms with E-state index in [1.54, 1.807) is 13.0 Å². The minimum Gasteiger partial charge on any atom is -0.308 e. The number of rotatable bonds is 7. The SMILES string of the molecule is Cc1ccc(-c2cc(-c3nc(-c4ccccc4)cc(-c4ccccc4)n3)cc(-c3ccc(C(F)(F)F)cc3)c2-n2c3ccccc3c3cc(-c4cc(C)cc(C(F)(F)F)c4)ccc32)cc1. The quantitative estimate of drug-likeness (QED) is 0.149. The number of benzene rings is 8. The highest BCUT2D eigenvalue weighted by Gasteiger charge is 2.32. The minimum atomic E-state index is -4.56. The van der Waals surface area contributed by atoms with E-state index < -0.39 is 23.5 Å². The van der Waals surface area contributed by atoms with Crippen LogP contribution in [-0.2, 0) is 12.4 Å². The maximum Gasteiger partial charge on any atom is 0.416 e. The molecule has 9 heteroatoms. The van der Waals surface area contributed by atoms with Gasteiger partial charge in [-0.25, -0.2) is 9.97 Å². The number of aromatic nitrogens is 3. The van der Waals surface area contributed by atoms with Crippen LogP contribution < -0.4 is 0 Å². The lowest BCUT2D eigenvalue weighted by molar-refractivity contribution is -0.138. The lowest BCUT2D eigenvalue weighted by Crippen LogP contribution is -2.05. The van der Waals surface area contributed by atoms with Crippen LogP contribution in [0.25, 0.3) is 94.8 Å². The molecule has 10 aromatic rings. The molecule has 65 heavy (non-hydrogen) atoms. The average Bonchev–Trinajstić information content (AvgIpc) is 3.64. The van der Waals surface area contributed by atoms with Crippen molar-refractivity contribution < 1.29 is 26.3 Å². The second kappa shape index (κ2) is 16.1. The Kier molecular flexibility index (Phi) is 10.2. The summed E-state index contributed by atoms with van der Waals surface area (Å²) in [4.78, 5) is 10.3. The van der Waals surface area contributed by atoms with Crippen molar-refractivity contribution >= 4 is 21.8 Å². The Morgan fingerprint density at radius 2 is 0.892 bits per heavy atom. The number of hydrogen-bond donors (Lipinski definition) is 0. The van der Waals surface area contributed by atoms with Crippen LogP contribution in [-0.4, -0.2) is 14.5 Å². The Bertz CT molecular complexity index is 3330. The number of aryl methyl sites for hydroxylation is 2. The standard InChI is InChI=1S/C56H37F6N3/c1-34-17-19-36(20-18-34)46-31-42(54-63-49(38-11-5-3-6-12-38)33-50(64-54)39-13-7-4-8-14-39)32-47(37-21-24-43(25-22-37)55(57,58)59)53(46)65-51-16-10-9-15-45(51)48-30-40(23-26-52(48)65)41-27-35(2)28-44(29-41)56(60,61)62/h3-33H,1-2H3. The van der Waals surface area contributed by atoms with Gasteiger partial charge in [-0.2, -0.15) is 26.3 Å². The van der Waals surface area contributed by atoms with Crippen LogP contribution >= 0.6 is 0 Å². The Morgan fingerprint density at radius 3 is 1.48 bits per heavy atom. The Morgan fingerprint density at radius 1 is 0.369 bits per heavy atom. The second-order valence-corrected chi connectivity index (χ2v) is 16.2. The van der Waals surface area contributed by atoms with Gasteiger partial charge in [-0.1, -0.05) is 133 Å². The van der Waals surface area contributed by atoms with Gasteiger partial charge in [-0.05, 0) is 102 Å². The number of fused-ring (bicyclic) bond motifs is 3. The van der Waals surface area contributed by atoms with E-state index in [1.807, 2.05) is 153 Å². The van der Waals surface area contributed by atoms with E-state index in [4.69, 9.17) is 9.97 Å². The second-order valence-electron chi connectivity index (χ2n) is 16.2. The minimum absolute atomic E-state index is 0.418. The predicted molar refractivity (Wildman–Crippen MR) is 248 cm³/mol. The first kappa shape index (κ1) is 41.2. The molecule has 318 valence electrons. The first-order valence-electron chi connectivity index (χ1n) is 20.9. The molecule has 0 saturated heterocycles. The molecular formula is C56H37F6N3. The molecule has 8 aromatic carbocycles. The molecule has 0 spiro atoms. The van der Waals surface area contributed by atoms with Crippen molar-refractivity contribution in [2.75, 3.05) is 0 Å². The van der Waals surface area contributed by atoms with Crippen molar-refractivity contribution in [1.29, 1.82) is 0 Å². The van der Waals surface area contributed by atoms with E-state index in [2.05, 4.69) is 4.57 Å². The van der Waals surface area contributed by atoms with Crippen molar-refractivity contribution in [2.24, 2.45) is 0 Å². The molecule has 0 aliphatic rings. The number of hydrogen-bond acceptors (Lipinski definition) is 2. The van der Waals surface area contributed by atoms with Gasteiger partial charge in [-0.15, -0.1) is 0 Å². The van der Waals surface area contributed by atoms with Gasteiger partial charge in [0.2, 0.25) is 0 Å². The van der Waals surface area contributed by atoms with E-state index in [0.29, 0.717) is 56.3 Å². The Balaban J connectivity index is 1.30. The van der Waals surface area contributed by atoms with Crippen LogP contribution in [0.15, 0.2) is 188 Å². The first-order valence-corrected chi connectivity index (χ1v) is 20.9. The molecule has 0 radical (unpaired) electrons. The van der Waals surface area contributed by atoms with E-state index in [-0.39, 0.29) is 0 Å². The average molecular weight is 866 g/mol. The third-order valence-electron chi connectivity index (χ3n) is 11.8. The van der Waals surface area contributed by atoms with Crippen molar-refractivity contribution in [3.8, 4) is 73.0 Å². The summed E-state index contributed by atoms with van der Waals surface area (Å²) in [7, 11) is 0. The fraction of sp³-hybridized carbons (Fsp3) is 0.0714. The largest absolute Gasteiger partial charge is 0.416 e. The topological polar surface area (TPSA) is 30.7 Å². The van der Waals surface area contributed by atoms with Gasteiger partial charge < -0.3 is 4.57 Å². The smallest absolute Gasteiger partial charge is 0.308 e. The molecule has 0 N–H and O–H groups in total. The van der Waals surface area contributed by atoms with Gasteiger partial charge in [-0.3, -0.25) is 0 Å². The Hall–Kier alpha value is -7.78. The van der Waals surface area contributed by atoms with Crippen LogP contribution in [0, 0.1) is 13.8 Å². The molecule has 0 aliphatic carbocycles. The van der Waals surface area contributed by atoms with Crippen molar-refractivity contribution in [3.05, 3.63) is 210 Å². The predicted octanol–water partition coefficient (Wildman–Crippen LogP) is 16.2. The molecule has 0 saturated carbocycles. The molecule has 0 atom stereocenters.